The Morgan fingerprint density at radius 1 is 1.53 bits per heavy atom. The molecular weight excluding hydrogens is 258 g/mol. The predicted molar refractivity (Wildman–Crippen MR) is 62.3 cm³/mol. The molecule has 2 aromatic rings. The average molecular weight is 268 g/mol. The van der Waals surface area contributed by atoms with E-state index in [-0.39, 0.29) is 0 Å². The first kappa shape index (κ1) is 10.2. The summed E-state index contributed by atoms with van der Waals surface area (Å²) in [5.41, 5.74) is 1.30. The van der Waals surface area contributed by atoms with E-state index < -0.39 is 5.97 Å². The first-order chi connectivity index (χ1) is 7.15. The molecule has 3 nitrogen and oxygen atoms in total. The Labute approximate surface area is 95.5 Å². The maximum atomic E-state index is 11.0. The van der Waals surface area contributed by atoms with Crippen molar-refractivity contribution in [3.8, 4) is 0 Å². The normalized spacial score (nSPS) is 10.8. The SMILES string of the molecule is CCn1cc(C(=O)O)c2cccc(Br)c21. The van der Waals surface area contributed by atoms with Crippen molar-refractivity contribution < 1.29 is 9.90 Å². The summed E-state index contributed by atoms with van der Waals surface area (Å²) in [4.78, 5) is 11.0. The van der Waals surface area contributed by atoms with E-state index in [0.717, 1.165) is 21.9 Å². The molecule has 1 aromatic heterocycles. The highest BCUT2D eigenvalue weighted by Crippen LogP contribution is 2.28. The molecule has 0 spiro atoms. The van der Waals surface area contributed by atoms with Gasteiger partial charge >= 0.3 is 5.97 Å². The average Bonchev–Trinajstić information content (AvgIpc) is 2.58. The summed E-state index contributed by atoms with van der Waals surface area (Å²) in [6.07, 6.45) is 1.68. The van der Waals surface area contributed by atoms with Crippen molar-refractivity contribution in [1.82, 2.24) is 4.57 Å². The van der Waals surface area contributed by atoms with Crippen LogP contribution in [-0.4, -0.2) is 15.6 Å². The van der Waals surface area contributed by atoms with Crippen LogP contribution in [0.15, 0.2) is 28.9 Å². The number of benzene rings is 1. The lowest BCUT2D eigenvalue weighted by Gasteiger charge is -2.01. The second-order valence-electron chi connectivity index (χ2n) is 3.27. The van der Waals surface area contributed by atoms with E-state index in [1.54, 1.807) is 6.20 Å². The number of hydrogen-bond donors (Lipinski definition) is 1. The van der Waals surface area contributed by atoms with Crippen LogP contribution in [0.4, 0.5) is 0 Å². The van der Waals surface area contributed by atoms with Gasteiger partial charge in [-0.15, -0.1) is 0 Å². The van der Waals surface area contributed by atoms with Crippen molar-refractivity contribution >= 4 is 32.8 Å². The largest absolute Gasteiger partial charge is 0.478 e. The number of fused-ring (bicyclic) bond motifs is 1. The van der Waals surface area contributed by atoms with Crippen LogP contribution in [0.1, 0.15) is 17.3 Å². The van der Waals surface area contributed by atoms with Gasteiger partial charge in [-0.2, -0.15) is 0 Å². The minimum atomic E-state index is -0.884. The van der Waals surface area contributed by atoms with Crippen molar-refractivity contribution in [1.29, 1.82) is 0 Å². The number of carbonyl (C=O) groups is 1. The predicted octanol–water partition coefficient (Wildman–Crippen LogP) is 3.12. The highest BCUT2D eigenvalue weighted by atomic mass is 79.9. The molecule has 1 aromatic carbocycles. The van der Waals surface area contributed by atoms with Crippen LogP contribution < -0.4 is 0 Å². The quantitative estimate of drug-likeness (QED) is 0.909. The van der Waals surface area contributed by atoms with E-state index in [2.05, 4.69) is 15.9 Å². The Kier molecular flexibility index (Phi) is 2.52. The second kappa shape index (κ2) is 3.70. The third-order valence-electron chi connectivity index (χ3n) is 2.42. The fraction of sp³-hybridized carbons (Fsp3) is 0.182. The van der Waals surface area contributed by atoms with Gasteiger partial charge in [-0.3, -0.25) is 0 Å². The lowest BCUT2D eigenvalue weighted by atomic mass is 10.2. The molecule has 0 unspecified atom stereocenters. The number of hydrogen-bond acceptors (Lipinski definition) is 1. The monoisotopic (exact) mass is 267 g/mol. The first-order valence-corrected chi connectivity index (χ1v) is 5.45. The van der Waals surface area contributed by atoms with Crippen LogP contribution in [-0.2, 0) is 6.54 Å². The highest BCUT2D eigenvalue weighted by Gasteiger charge is 2.14. The summed E-state index contributed by atoms with van der Waals surface area (Å²) >= 11 is 3.44. The summed E-state index contributed by atoms with van der Waals surface area (Å²) in [6.45, 7) is 2.75. The number of carboxylic acid groups (broad SMARTS) is 1. The molecule has 4 heteroatoms. The molecule has 0 fully saturated rings. The van der Waals surface area contributed by atoms with Gasteiger partial charge in [0.25, 0.3) is 0 Å². The number of nitrogens with zero attached hydrogens (tertiary/aromatic N) is 1. The Morgan fingerprint density at radius 2 is 2.27 bits per heavy atom. The molecule has 0 aliphatic rings. The first-order valence-electron chi connectivity index (χ1n) is 4.65. The minimum Gasteiger partial charge on any atom is -0.478 e. The van der Waals surface area contributed by atoms with Gasteiger partial charge in [0.15, 0.2) is 0 Å². The number of aromatic carboxylic acids is 1. The standard InChI is InChI=1S/C11H10BrNO2/c1-2-13-6-8(11(14)15)7-4-3-5-9(12)10(7)13/h3-6H,2H2,1H3,(H,14,15). The topological polar surface area (TPSA) is 42.2 Å². The van der Waals surface area contributed by atoms with Gasteiger partial charge < -0.3 is 9.67 Å². The minimum absolute atomic E-state index is 0.355. The van der Waals surface area contributed by atoms with Crippen molar-refractivity contribution in [3.05, 3.63) is 34.4 Å². The molecule has 2 rings (SSSR count). The fourth-order valence-electron chi connectivity index (χ4n) is 1.73. The zero-order valence-corrected chi connectivity index (χ0v) is 9.78. The molecule has 78 valence electrons. The Morgan fingerprint density at radius 3 is 2.87 bits per heavy atom. The summed E-state index contributed by atoms with van der Waals surface area (Å²) in [7, 11) is 0. The molecule has 0 bridgehead atoms. The summed E-state index contributed by atoms with van der Waals surface area (Å²) in [6, 6.07) is 5.59. The van der Waals surface area contributed by atoms with Crippen molar-refractivity contribution in [3.63, 3.8) is 0 Å². The van der Waals surface area contributed by atoms with Gasteiger partial charge in [-0.1, -0.05) is 12.1 Å². The molecule has 0 atom stereocenters. The van der Waals surface area contributed by atoms with Crippen molar-refractivity contribution in [2.45, 2.75) is 13.5 Å². The maximum Gasteiger partial charge on any atom is 0.337 e. The number of rotatable bonds is 2. The van der Waals surface area contributed by atoms with Crippen molar-refractivity contribution in [2.75, 3.05) is 0 Å². The fourth-order valence-corrected chi connectivity index (χ4v) is 2.33. The van der Waals surface area contributed by atoms with Gasteiger partial charge in [0.2, 0.25) is 0 Å². The van der Waals surface area contributed by atoms with Gasteiger partial charge in [-0.25, -0.2) is 4.79 Å². The van der Waals surface area contributed by atoms with E-state index in [9.17, 15) is 4.79 Å². The number of para-hydroxylation sites is 1. The molecule has 0 radical (unpaired) electrons. The van der Waals surface area contributed by atoms with E-state index in [4.69, 9.17) is 5.11 Å². The summed E-state index contributed by atoms with van der Waals surface area (Å²) < 4.78 is 2.86. The van der Waals surface area contributed by atoms with E-state index in [1.807, 2.05) is 29.7 Å². The number of carboxylic acids is 1. The number of aromatic nitrogens is 1. The van der Waals surface area contributed by atoms with Gasteiger partial charge in [-0.05, 0) is 28.9 Å². The van der Waals surface area contributed by atoms with Crippen LogP contribution in [0.25, 0.3) is 10.9 Å². The van der Waals surface area contributed by atoms with Crippen molar-refractivity contribution in [2.24, 2.45) is 0 Å². The number of halogens is 1. The highest BCUT2D eigenvalue weighted by molar-refractivity contribution is 9.10. The van der Waals surface area contributed by atoms with Crippen LogP contribution in [0, 0.1) is 0 Å². The molecule has 0 aliphatic heterocycles. The van der Waals surface area contributed by atoms with E-state index in [1.165, 1.54) is 0 Å². The molecular formula is C11H10BrNO2. The molecule has 0 saturated heterocycles. The molecule has 0 amide bonds. The molecule has 1 heterocycles. The molecule has 1 N–H and O–H groups in total. The zero-order chi connectivity index (χ0) is 11.0. The summed E-state index contributed by atoms with van der Waals surface area (Å²) in [5, 5.41) is 9.83. The maximum absolute atomic E-state index is 11.0. The van der Waals surface area contributed by atoms with Crippen LogP contribution in [0.2, 0.25) is 0 Å². The Balaban J connectivity index is 2.87. The lowest BCUT2D eigenvalue weighted by molar-refractivity contribution is 0.0699. The van der Waals surface area contributed by atoms with Gasteiger partial charge in [0, 0.05) is 22.6 Å². The van der Waals surface area contributed by atoms with Crippen LogP contribution >= 0.6 is 15.9 Å². The summed E-state index contributed by atoms with van der Waals surface area (Å²) in [5.74, 6) is -0.884. The van der Waals surface area contributed by atoms with Gasteiger partial charge in [0.1, 0.15) is 0 Å². The Bertz CT molecular complexity index is 531. The Hall–Kier alpha value is -1.29. The molecule has 15 heavy (non-hydrogen) atoms. The van der Waals surface area contributed by atoms with Crippen LogP contribution in [0.5, 0.6) is 0 Å². The molecule has 0 aliphatic carbocycles. The smallest absolute Gasteiger partial charge is 0.337 e. The third-order valence-corrected chi connectivity index (χ3v) is 3.06. The lowest BCUT2D eigenvalue weighted by Crippen LogP contribution is -1.94. The number of aryl methyl sites for hydroxylation is 1. The second-order valence-corrected chi connectivity index (χ2v) is 4.12. The third kappa shape index (κ3) is 1.55. The van der Waals surface area contributed by atoms with E-state index in [0.29, 0.717) is 5.56 Å². The zero-order valence-electron chi connectivity index (χ0n) is 8.20. The van der Waals surface area contributed by atoms with Gasteiger partial charge in [0.05, 0.1) is 11.1 Å². The molecule has 0 saturated carbocycles. The van der Waals surface area contributed by atoms with Crippen LogP contribution in [0.3, 0.4) is 0 Å². The van der Waals surface area contributed by atoms with E-state index >= 15 is 0 Å².